The third kappa shape index (κ3) is 1.74. The Morgan fingerprint density at radius 1 is 1.46 bits per heavy atom. The van der Waals surface area contributed by atoms with Gasteiger partial charge in [-0.1, -0.05) is 13.8 Å². The second-order valence-electron chi connectivity index (χ2n) is 3.35. The Morgan fingerprint density at radius 3 is 2.54 bits per heavy atom. The molecule has 0 saturated carbocycles. The number of hydrogen-bond acceptors (Lipinski definition) is 3. The smallest absolute Gasteiger partial charge is 0.217 e. The van der Waals surface area contributed by atoms with Gasteiger partial charge < -0.3 is 9.84 Å². The number of hydrogen-bond donors (Lipinski definition) is 1. The van der Waals surface area contributed by atoms with Crippen molar-refractivity contribution < 1.29 is 9.84 Å². The number of aromatic nitrogens is 1. The van der Waals surface area contributed by atoms with Gasteiger partial charge in [0.2, 0.25) is 5.88 Å². The Morgan fingerprint density at radius 2 is 2.08 bits per heavy atom. The van der Waals surface area contributed by atoms with Crippen molar-refractivity contribution in [3.05, 3.63) is 17.3 Å². The van der Waals surface area contributed by atoms with E-state index >= 15 is 0 Å². The first kappa shape index (κ1) is 9.84. The first-order valence-corrected chi connectivity index (χ1v) is 4.30. The van der Waals surface area contributed by atoms with Gasteiger partial charge in [0.15, 0.2) is 0 Å². The zero-order valence-electron chi connectivity index (χ0n) is 8.46. The van der Waals surface area contributed by atoms with Gasteiger partial charge in [-0.15, -0.1) is 0 Å². The van der Waals surface area contributed by atoms with Crippen LogP contribution < -0.4 is 4.74 Å². The maximum atomic E-state index is 9.45. The van der Waals surface area contributed by atoms with Gasteiger partial charge in [-0.3, -0.25) is 0 Å². The minimum atomic E-state index is 0.226. The normalized spacial score (nSPS) is 10.5. The van der Waals surface area contributed by atoms with E-state index < -0.39 is 0 Å². The predicted molar refractivity (Wildman–Crippen MR) is 51.3 cm³/mol. The van der Waals surface area contributed by atoms with Crippen LogP contribution in [0.4, 0.5) is 0 Å². The highest BCUT2D eigenvalue weighted by Crippen LogP contribution is 2.31. The number of methoxy groups -OCH3 is 1. The van der Waals surface area contributed by atoms with Gasteiger partial charge in [-0.2, -0.15) is 0 Å². The van der Waals surface area contributed by atoms with Gasteiger partial charge in [0.05, 0.1) is 13.3 Å². The van der Waals surface area contributed by atoms with Crippen molar-refractivity contribution in [1.29, 1.82) is 0 Å². The van der Waals surface area contributed by atoms with E-state index in [1.165, 1.54) is 6.20 Å². The van der Waals surface area contributed by atoms with E-state index in [0.717, 1.165) is 11.1 Å². The summed E-state index contributed by atoms with van der Waals surface area (Å²) in [5, 5.41) is 9.45. The number of pyridine rings is 1. The minimum absolute atomic E-state index is 0.226. The van der Waals surface area contributed by atoms with E-state index in [0.29, 0.717) is 11.8 Å². The summed E-state index contributed by atoms with van der Waals surface area (Å²) in [5.74, 6) is 1.13. The molecule has 0 saturated heterocycles. The van der Waals surface area contributed by atoms with Crippen molar-refractivity contribution in [2.75, 3.05) is 7.11 Å². The Labute approximate surface area is 78.4 Å². The maximum Gasteiger partial charge on any atom is 0.217 e. The van der Waals surface area contributed by atoms with E-state index in [4.69, 9.17) is 4.74 Å². The van der Waals surface area contributed by atoms with Gasteiger partial charge in [0.25, 0.3) is 0 Å². The highest BCUT2D eigenvalue weighted by Gasteiger charge is 2.14. The summed E-state index contributed by atoms with van der Waals surface area (Å²) in [4.78, 5) is 4.01. The van der Waals surface area contributed by atoms with Crippen LogP contribution >= 0.6 is 0 Å². The molecule has 1 rings (SSSR count). The molecule has 0 radical (unpaired) electrons. The van der Waals surface area contributed by atoms with Crippen molar-refractivity contribution in [2.45, 2.75) is 26.7 Å². The van der Waals surface area contributed by atoms with Crippen LogP contribution in [0.25, 0.3) is 0 Å². The second-order valence-corrected chi connectivity index (χ2v) is 3.35. The van der Waals surface area contributed by atoms with E-state index in [2.05, 4.69) is 4.98 Å². The van der Waals surface area contributed by atoms with E-state index in [-0.39, 0.29) is 5.75 Å². The molecule has 72 valence electrons. The van der Waals surface area contributed by atoms with Gasteiger partial charge in [0, 0.05) is 11.1 Å². The van der Waals surface area contributed by atoms with Crippen molar-refractivity contribution in [2.24, 2.45) is 0 Å². The number of rotatable bonds is 2. The van der Waals surface area contributed by atoms with Gasteiger partial charge in [0.1, 0.15) is 5.75 Å². The highest BCUT2D eigenvalue weighted by molar-refractivity contribution is 5.43. The molecule has 0 aromatic carbocycles. The zero-order chi connectivity index (χ0) is 10.0. The fraction of sp³-hybridized carbons (Fsp3) is 0.500. The molecule has 0 aliphatic heterocycles. The summed E-state index contributed by atoms with van der Waals surface area (Å²) in [6.45, 7) is 5.97. The molecule has 0 aliphatic carbocycles. The molecule has 1 aromatic heterocycles. The van der Waals surface area contributed by atoms with Gasteiger partial charge >= 0.3 is 0 Å². The quantitative estimate of drug-likeness (QED) is 0.760. The summed E-state index contributed by atoms with van der Waals surface area (Å²) in [6, 6.07) is 0. The van der Waals surface area contributed by atoms with Crippen molar-refractivity contribution in [3.8, 4) is 11.6 Å². The first-order valence-electron chi connectivity index (χ1n) is 4.30. The van der Waals surface area contributed by atoms with Gasteiger partial charge in [-0.05, 0) is 12.8 Å². The first-order chi connectivity index (χ1) is 6.07. The molecule has 0 aliphatic rings. The van der Waals surface area contributed by atoms with Crippen molar-refractivity contribution >= 4 is 0 Å². The average Bonchev–Trinajstić information content (AvgIpc) is 2.08. The van der Waals surface area contributed by atoms with E-state index in [9.17, 15) is 5.11 Å². The number of nitrogens with zero attached hydrogens (tertiary/aromatic N) is 1. The maximum absolute atomic E-state index is 9.45. The minimum Gasteiger partial charge on any atom is -0.506 e. The summed E-state index contributed by atoms with van der Waals surface area (Å²) in [5.41, 5.74) is 1.82. The van der Waals surface area contributed by atoms with Crippen LogP contribution in [0, 0.1) is 6.92 Å². The van der Waals surface area contributed by atoms with Crippen LogP contribution in [0.2, 0.25) is 0 Å². The largest absolute Gasteiger partial charge is 0.506 e. The topological polar surface area (TPSA) is 42.4 Å². The molecule has 0 atom stereocenters. The van der Waals surface area contributed by atoms with Crippen LogP contribution in [-0.2, 0) is 0 Å². The van der Waals surface area contributed by atoms with E-state index in [1.54, 1.807) is 7.11 Å². The molecule has 0 amide bonds. The second kappa shape index (κ2) is 3.64. The summed E-state index contributed by atoms with van der Waals surface area (Å²) in [7, 11) is 1.59. The molecule has 0 spiro atoms. The summed E-state index contributed by atoms with van der Waals surface area (Å²) in [6.07, 6.45) is 1.42. The van der Waals surface area contributed by atoms with Crippen LogP contribution in [0.1, 0.15) is 30.9 Å². The molecule has 1 N–H and O–H groups in total. The van der Waals surface area contributed by atoms with Crippen LogP contribution in [0.15, 0.2) is 6.20 Å². The fourth-order valence-corrected chi connectivity index (χ4v) is 1.43. The van der Waals surface area contributed by atoms with Crippen molar-refractivity contribution in [3.63, 3.8) is 0 Å². The number of ether oxygens (including phenoxy) is 1. The van der Waals surface area contributed by atoms with Crippen LogP contribution in [0.5, 0.6) is 11.6 Å². The lowest BCUT2D eigenvalue weighted by Crippen LogP contribution is -2.00. The fourth-order valence-electron chi connectivity index (χ4n) is 1.43. The molecule has 0 unspecified atom stereocenters. The number of aromatic hydroxyl groups is 1. The Balaban J connectivity index is 3.32. The molecule has 3 heteroatoms. The molecule has 1 aromatic rings. The lowest BCUT2D eigenvalue weighted by atomic mass is 9.99. The standard InChI is InChI=1S/C10H15NO2/c1-6(2)9-7(3)8(12)5-11-10(9)13-4/h5-6,12H,1-4H3. The Hall–Kier alpha value is -1.25. The lowest BCUT2D eigenvalue weighted by molar-refractivity contribution is 0.384. The lowest BCUT2D eigenvalue weighted by Gasteiger charge is -2.14. The SMILES string of the molecule is COc1ncc(O)c(C)c1C(C)C. The highest BCUT2D eigenvalue weighted by atomic mass is 16.5. The molecular formula is C10H15NO2. The average molecular weight is 181 g/mol. The van der Waals surface area contributed by atoms with Gasteiger partial charge in [-0.25, -0.2) is 4.98 Å². The zero-order valence-corrected chi connectivity index (χ0v) is 8.46. The molecule has 0 bridgehead atoms. The Bertz CT molecular complexity index is 308. The molecular weight excluding hydrogens is 166 g/mol. The Kier molecular flexibility index (Phi) is 2.76. The third-order valence-electron chi connectivity index (χ3n) is 2.09. The summed E-state index contributed by atoms with van der Waals surface area (Å²) >= 11 is 0. The molecule has 1 heterocycles. The third-order valence-corrected chi connectivity index (χ3v) is 2.09. The molecule has 0 fully saturated rings. The van der Waals surface area contributed by atoms with E-state index in [1.807, 2.05) is 20.8 Å². The summed E-state index contributed by atoms with van der Waals surface area (Å²) < 4.78 is 5.12. The van der Waals surface area contributed by atoms with Crippen LogP contribution in [0.3, 0.4) is 0 Å². The predicted octanol–water partition coefficient (Wildman–Crippen LogP) is 2.23. The molecule has 13 heavy (non-hydrogen) atoms. The molecule has 3 nitrogen and oxygen atoms in total. The van der Waals surface area contributed by atoms with Crippen molar-refractivity contribution in [1.82, 2.24) is 4.98 Å². The monoisotopic (exact) mass is 181 g/mol. The van der Waals surface area contributed by atoms with Crippen LogP contribution in [-0.4, -0.2) is 17.2 Å².